The summed E-state index contributed by atoms with van der Waals surface area (Å²) < 4.78 is 5.37. The van der Waals surface area contributed by atoms with Crippen molar-refractivity contribution < 1.29 is 4.74 Å². The van der Waals surface area contributed by atoms with E-state index in [1.165, 1.54) is 0 Å². The molecule has 0 radical (unpaired) electrons. The van der Waals surface area contributed by atoms with Gasteiger partial charge in [0.1, 0.15) is 5.75 Å². The number of anilines is 1. The lowest BCUT2D eigenvalue weighted by atomic mass is 10.1. The first-order valence-corrected chi connectivity index (χ1v) is 5.89. The summed E-state index contributed by atoms with van der Waals surface area (Å²) in [5.74, 6) is 1.31. The maximum Gasteiger partial charge on any atom is 0.222 e. The van der Waals surface area contributed by atoms with Gasteiger partial charge in [-0.15, -0.1) is 0 Å². The summed E-state index contributed by atoms with van der Waals surface area (Å²) in [4.78, 5) is 8.46. The minimum Gasteiger partial charge on any atom is -0.496 e. The Balaban J connectivity index is 2.58. The van der Waals surface area contributed by atoms with Gasteiger partial charge in [-0.25, -0.2) is 9.97 Å². The number of halogens is 1. The van der Waals surface area contributed by atoms with E-state index >= 15 is 0 Å². The molecule has 4 nitrogen and oxygen atoms in total. The molecule has 0 bridgehead atoms. The number of hydrogen-bond donors (Lipinski definition) is 1. The minimum absolute atomic E-state index is 0.561. The van der Waals surface area contributed by atoms with Crippen molar-refractivity contribution in [1.82, 2.24) is 9.97 Å². The molecule has 0 aliphatic rings. The van der Waals surface area contributed by atoms with Gasteiger partial charge in [-0.2, -0.15) is 0 Å². The Morgan fingerprint density at radius 3 is 2.78 bits per heavy atom. The fourth-order valence-electron chi connectivity index (χ4n) is 1.65. The lowest BCUT2D eigenvalue weighted by molar-refractivity contribution is 0.416. The van der Waals surface area contributed by atoms with Crippen molar-refractivity contribution in [3.05, 3.63) is 35.0 Å². The van der Waals surface area contributed by atoms with E-state index in [0.29, 0.717) is 11.0 Å². The largest absolute Gasteiger partial charge is 0.496 e. The van der Waals surface area contributed by atoms with Crippen LogP contribution in [0.2, 0.25) is 5.02 Å². The van der Waals surface area contributed by atoms with Gasteiger partial charge >= 0.3 is 0 Å². The second kappa shape index (κ2) is 5.23. The number of hydrogen-bond acceptors (Lipinski definition) is 4. The molecule has 5 heteroatoms. The number of nitrogens with zero attached hydrogens (tertiary/aromatic N) is 2. The zero-order chi connectivity index (χ0) is 13.1. The predicted molar refractivity (Wildman–Crippen MR) is 73.3 cm³/mol. The van der Waals surface area contributed by atoms with Crippen molar-refractivity contribution in [2.24, 2.45) is 0 Å². The second-order valence-corrected chi connectivity index (χ2v) is 4.22. The molecule has 2 aromatic rings. The van der Waals surface area contributed by atoms with E-state index < -0.39 is 0 Å². The Kier molecular flexibility index (Phi) is 3.67. The van der Waals surface area contributed by atoms with E-state index in [2.05, 4.69) is 15.3 Å². The SMILES string of the molecule is CNc1nccc(-c2cc(Cl)c(C)cc2OC)n1. The summed E-state index contributed by atoms with van der Waals surface area (Å²) in [5, 5.41) is 3.59. The summed E-state index contributed by atoms with van der Waals surface area (Å²) in [6.45, 7) is 1.94. The van der Waals surface area contributed by atoms with Gasteiger partial charge in [0, 0.05) is 23.8 Å². The number of ether oxygens (including phenoxy) is 1. The van der Waals surface area contributed by atoms with Gasteiger partial charge in [0.2, 0.25) is 5.95 Å². The van der Waals surface area contributed by atoms with Gasteiger partial charge in [0.25, 0.3) is 0 Å². The molecule has 1 heterocycles. The quantitative estimate of drug-likeness (QED) is 0.924. The van der Waals surface area contributed by atoms with E-state index in [1.54, 1.807) is 20.4 Å². The maximum atomic E-state index is 6.15. The third kappa shape index (κ3) is 2.38. The van der Waals surface area contributed by atoms with Gasteiger partial charge in [0.15, 0.2) is 0 Å². The van der Waals surface area contributed by atoms with Crippen molar-refractivity contribution in [3.8, 4) is 17.0 Å². The van der Waals surface area contributed by atoms with E-state index in [1.807, 2.05) is 25.1 Å². The van der Waals surface area contributed by atoms with Crippen LogP contribution in [0.25, 0.3) is 11.3 Å². The lowest BCUT2D eigenvalue weighted by Crippen LogP contribution is -1.98. The molecule has 0 saturated carbocycles. The zero-order valence-electron chi connectivity index (χ0n) is 10.5. The lowest BCUT2D eigenvalue weighted by Gasteiger charge is -2.11. The predicted octanol–water partition coefficient (Wildman–Crippen LogP) is 3.16. The number of rotatable bonds is 3. The molecule has 0 spiro atoms. The van der Waals surface area contributed by atoms with Crippen LogP contribution in [-0.4, -0.2) is 24.1 Å². The highest BCUT2D eigenvalue weighted by Crippen LogP contribution is 2.33. The molecule has 1 N–H and O–H groups in total. The Morgan fingerprint density at radius 2 is 2.11 bits per heavy atom. The molecule has 0 aliphatic carbocycles. The number of methoxy groups -OCH3 is 1. The van der Waals surface area contributed by atoms with Crippen LogP contribution in [0, 0.1) is 6.92 Å². The maximum absolute atomic E-state index is 6.15. The van der Waals surface area contributed by atoms with Crippen LogP contribution in [0.5, 0.6) is 5.75 Å². The molecule has 1 aromatic carbocycles. The van der Waals surface area contributed by atoms with Crippen molar-refractivity contribution in [2.45, 2.75) is 6.92 Å². The van der Waals surface area contributed by atoms with Crippen molar-refractivity contribution >= 4 is 17.5 Å². The van der Waals surface area contributed by atoms with E-state index in [4.69, 9.17) is 16.3 Å². The summed E-state index contributed by atoms with van der Waals surface area (Å²) in [5.41, 5.74) is 2.60. The number of aromatic nitrogens is 2. The third-order valence-electron chi connectivity index (χ3n) is 2.64. The van der Waals surface area contributed by atoms with Gasteiger partial charge in [0.05, 0.1) is 12.8 Å². The van der Waals surface area contributed by atoms with Crippen LogP contribution in [0.4, 0.5) is 5.95 Å². The standard InChI is InChI=1S/C13H14ClN3O/c1-8-6-12(18-3)9(7-10(8)14)11-4-5-16-13(15-2)17-11/h4-7H,1-3H3,(H,15,16,17). The van der Waals surface area contributed by atoms with Crippen molar-refractivity contribution in [3.63, 3.8) is 0 Å². The summed E-state index contributed by atoms with van der Waals surface area (Å²) in [7, 11) is 3.41. The molecule has 0 atom stereocenters. The molecule has 0 fully saturated rings. The molecule has 0 unspecified atom stereocenters. The number of aryl methyl sites for hydroxylation is 1. The first kappa shape index (κ1) is 12.6. The Morgan fingerprint density at radius 1 is 1.33 bits per heavy atom. The first-order chi connectivity index (χ1) is 8.65. The highest BCUT2D eigenvalue weighted by Gasteiger charge is 2.11. The van der Waals surface area contributed by atoms with E-state index in [9.17, 15) is 0 Å². The summed E-state index contributed by atoms with van der Waals surface area (Å²) >= 11 is 6.15. The number of benzene rings is 1. The van der Waals surface area contributed by atoms with Crippen LogP contribution in [-0.2, 0) is 0 Å². The zero-order valence-corrected chi connectivity index (χ0v) is 11.2. The Labute approximate surface area is 111 Å². The molecule has 18 heavy (non-hydrogen) atoms. The summed E-state index contributed by atoms with van der Waals surface area (Å²) in [6, 6.07) is 5.58. The molecule has 0 amide bonds. The van der Waals surface area contributed by atoms with Crippen molar-refractivity contribution in [2.75, 3.05) is 19.5 Å². The van der Waals surface area contributed by atoms with Crippen LogP contribution in [0.15, 0.2) is 24.4 Å². The average Bonchev–Trinajstić information content (AvgIpc) is 2.41. The number of nitrogens with one attached hydrogen (secondary N) is 1. The third-order valence-corrected chi connectivity index (χ3v) is 3.04. The van der Waals surface area contributed by atoms with Gasteiger partial charge < -0.3 is 10.1 Å². The smallest absolute Gasteiger partial charge is 0.222 e. The van der Waals surface area contributed by atoms with Crippen LogP contribution < -0.4 is 10.1 Å². The van der Waals surface area contributed by atoms with Crippen LogP contribution in [0.3, 0.4) is 0 Å². The molecule has 0 aliphatic heterocycles. The highest BCUT2D eigenvalue weighted by molar-refractivity contribution is 6.31. The minimum atomic E-state index is 0.561. The molecule has 0 saturated heterocycles. The van der Waals surface area contributed by atoms with Crippen LogP contribution >= 0.6 is 11.6 Å². The summed E-state index contributed by atoms with van der Waals surface area (Å²) in [6.07, 6.45) is 1.70. The molecule has 94 valence electrons. The van der Waals surface area contributed by atoms with Gasteiger partial charge in [-0.05, 0) is 30.7 Å². The molecular formula is C13H14ClN3O. The monoisotopic (exact) mass is 263 g/mol. The van der Waals surface area contributed by atoms with Gasteiger partial charge in [-0.3, -0.25) is 0 Å². The molecular weight excluding hydrogens is 250 g/mol. The molecule has 2 rings (SSSR count). The van der Waals surface area contributed by atoms with E-state index in [0.717, 1.165) is 22.6 Å². The normalized spacial score (nSPS) is 10.2. The fraction of sp³-hybridized carbons (Fsp3) is 0.231. The fourth-order valence-corrected chi connectivity index (χ4v) is 1.82. The van der Waals surface area contributed by atoms with Crippen LogP contribution in [0.1, 0.15) is 5.56 Å². The first-order valence-electron chi connectivity index (χ1n) is 5.51. The van der Waals surface area contributed by atoms with Crippen molar-refractivity contribution in [1.29, 1.82) is 0 Å². The van der Waals surface area contributed by atoms with Gasteiger partial charge in [-0.1, -0.05) is 11.6 Å². The molecule has 1 aromatic heterocycles. The topological polar surface area (TPSA) is 47.0 Å². The highest BCUT2D eigenvalue weighted by atomic mass is 35.5. The Bertz CT molecular complexity index is 572. The average molecular weight is 264 g/mol. The second-order valence-electron chi connectivity index (χ2n) is 3.82. The Hall–Kier alpha value is -1.81. The van der Waals surface area contributed by atoms with E-state index in [-0.39, 0.29) is 0 Å².